The lowest BCUT2D eigenvalue weighted by molar-refractivity contribution is 0.404. The Morgan fingerprint density at radius 3 is 2.52 bits per heavy atom. The van der Waals surface area contributed by atoms with Gasteiger partial charge >= 0.3 is 0 Å². The number of methoxy groups -OCH3 is 1. The van der Waals surface area contributed by atoms with Crippen LogP contribution in [0.15, 0.2) is 24.3 Å². The summed E-state index contributed by atoms with van der Waals surface area (Å²) in [5, 5.41) is 3.67. The van der Waals surface area contributed by atoms with Crippen LogP contribution in [0.25, 0.3) is 0 Å². The minimum atomic E-state index is 0.206. The van der Waals surface area contributed by atoms with E-state index in [1.165, 1.54) is 26.4 Å². The van der Waals surface area contributed by atoms with Crippen LogP contribution in [-0.4, -0.2) is 13.7 Å². The van der Waals surface area contributed by atoms with Crippen molar-refractivity contribution < 1.29 is 4.74 Å². The maximum absolute atomic E-state index is 5.58. The molecule has 0 aliphatic heterocycles. The Labute approximate surface area is 132 Å². The molecule has 0 aliphatic carbocycles. The SMILES string of the molecule is CCCNC(c1cc(C)c(C)s1)c1cc(C)ccc1OC. The van der Waals surface area contributed by atoms with Gasteiger partial charge in [-0.15, -0.1) is 11.3 Å². The van der Waals surface area contributed by atoms with Crippen LogP contribution >= 0.6 is 11.3 Å². The van der Waals surface area contributed by atoms with E-state index in [9.17, 15) is 0 Å². The summed E-state index contributed by atoms with van der Waals surface area (Å²) in [6.07, 6.45) is 1.12. The van der Waals surface area contributed by atoms with Crippen LogP contribution < -0.4 is 10.1 Å². The van der Waals surface area contributed by atoms with Crippen molar-refractivity contribution in [2.45, 2.75) is 40.2 Å². The molecule has 2 rings (SSSR count). The summed E-state index contributed by atoms with van der Waals surface area (Å²) in [7, 11) is 1.75. The van der Waals surface area contributed by atoms with Crippen molar-refractivity contribution in [3.8, 4) is 5.75 Å². The molecule has 0 fully saturated rings. The first-order valence-corrected chi connectivity index (χ1v) is 8.33. The predicted molar refractivity (Wildman–Crippen MR) is 91.7 cm³/mol. The van der Waals surface area contributed by atoms with E-state index in [4.69, 9.17) is 4.74 Å². The van der Waals surface area contributed by atoms with Crippen molar-refractivity contribution in [2.75, 3.05) is 13.7 Å². The number of aryl methyl sites for hydroxylation is 3. The summed E-state index contributed by atoms with van der Waals surface area (Å²) < 4.78 is 5.58. The fraction of sp³-hybridized carbons (Fsp3) is 0.444. The second kappa shape index (κ2) is 7.10. The number of thiophene rings is 1. The second-order valence-corrected chi connectivity index (χ2v) is 6.81. The largest absolute Gasteiger partial charge is 0.496 e. The summed E-state index contributed by atoms with van der Waals surface area (Å²) >= 11 is 1.87. The van der Waals surface area contributed by atoms with Crippen LogP contribution in [0.5, 0.6) is 5.75 Å². The molecule has 1 unspecified atom stereocenters. The molecule has 21 heavy (non-hydrogen) atoms. The van der Waals surface area contributed by atoms with Gasteiger partial charge in [0, 0.05) is 15.3 Å². The smallest absolute Gasteiger partial charge is 0.124 e. The molecule has 3 heteroatoms. The predicted octanol–water partition coefficient (Wildman–Crippen LogP) is 4.77. The van der Waals surface area contributed by atoms with Gasteiger partial charge in [0.2, 0.25) is 0 Å². The van der Waals surface area contributed by atoms with Crippen LogP contribution in [0.3, 0.4) is 0 Å². The third-order valence-corrected chi connectivity index (χ3v) is 4.98. The number of hydrogen-bond acceptors (Lipinski definition) is 3. The van der Waals surface area contributed by atoms with Gasteiger partial charge in [-0.05, 0) is 51.4 Å². The van der Waals surface area contributed by atoms with Gasteiger partial charge in [0.1, 0.15) is 5.75 Å². The highest BCUT2D eigenvalue weighted by molar-refractivity contribution is 7.12. The average Bonchev–Trinajstić information content (AvgIpc) is 2.79. The molecule has 0 aliphatic rings. The van der Waals surface area contributed by atoms with Crippen LogP contribution in [0.1, 0.15) is 45.8 Å². The Kier molecular flexibility index (Phi) is 5.43. The maximum atomic E-state index is 5.58. The van der Waals surface area contributed by atoms with E-state index in [-0.39, 0.29) is 6.04 Å². The van der Waals surface area contributed by atoms with Crippen molar-refractivity contribution in [3.63, 3.8) is 0 Å². The quantitative estimate of drug-likeness (QED) is 0.830. The van der Waals surface area contributed by atoms with Crippen molar-refractivity contribution in [3.05, 3.63) is 50.7 Å². The highest BCUT2D eigenvalue weighted by Crippen LogP contribution is 2.35. The number of rotatable bonds is 6. The Hall–Kier alpha value is -1.32. The standard InChI is InChI=1S/C18H25NOS/c1-6-9-19-18(17-11-13(3)14(4)21-17)15-10-12(2)7-8-16(15)20-5/h7-8,10-11,18-19H,6,9H2,1-5H3. The molecule has 1 N–H and O–H groups in total. The molecule has 0 bridgehead atoms. The lowest BCUT2D eigenvalue weighted by atomic mass is 10.0. The maximum Gasteiger partial charge on any atom is 0.124 e. The van der Waals surface area contributed by atoms with Crippen LogP contribution in [0.2, 0.25) is 0 Å². The highest BCUT2D eigenvalue weighted by atomic mass is 32.1. The molecule has 0 spiro atoms. The summed E-state index contributed by atoms with van der Waals surface area (Å²) in [6.45, 7) is 9.69. The molecule has 2 nitrogen and oxygen atoms in total. The van der Waals surface area contributed by atoms with Gasteiger partial charge in [0.05, 0.1) is 13.2 Å². The van der Waals surface area contributed by atoms with E-state index in [0.29, 0.717) is 0 Å². The monoisotopic (exact) mass is 303 g/mol. The van der Waals surface area contributed by atoms with E-state index < -0.39 is 0 Å². The number of nitrogens with one attached hydrogen (secondary N) is 1. The Bertz CT molecular complexity index is 584. The Morgan fingerprint density at radius 2 is 1.95 bits per heavy atom. The van der Waals surface area contributed by atoms with Crippen LogP contribution in [-0.2, 0) is 0 Å². The highest BCUT2D eigenvalue weighted by Gasteiger charge is 2.20. The molecule has 1 heterocycles. The Morgan fingerprint density at radius 1 is 1.19 bits per heavy atom. The zero-order valence-electron chi connectivity index (χ0n) is 13.6. The van der Waals surface area contributed by atoms with Crippen molar-refractivity contribution in [2.24, 2.45) is 0 Å². The first-order chi connectivity index (χ1) is 10.1. The fourth-order valence-corrected chi connectivity index (χ4v) is 3.61. The first-order valence-electron chi connectivity index (χ1n) is 7.51. The average molecular weight is 303 g/mol. The molecule has 0 amide bonds. The van der Waals surface area contributed by atoms with Crippen molar-refractivity contribution >= 4 is 11.3 Å². The third-order valence-electron chi connectivity index (χ3n) is 3.76. The molecule has 1 atom stereocenters. The zero-order valence-corrected chi connectivity index (χ0v) is 14.4. The van der Waals surface area contributed by atoms with E-state index >= 15 is 0 Å². The molecular weight excluding hydrogens is 278 g/mol. The molecule has 1 aromatic carbocycles. The van der Waals surface area contributed by atoms with E-state index in [2.05, 4.69) is 57.3 Å². The summed E-state index contributed by atoms with van der Waals surface area (Å²) in [5.41, 5.74) is 3.86. The molecule has 0 radical (unpaired) electrons. The van der Waals surface area contributed by atoms with Crippen LogP contribution in [0, 0.1) is 20.8 Å². The van der Waals surface area contributed by atoms with E-state index in [1.54, 1.807) is 7.11 Å². The molecule has 0 saturated heterocycles. The van der Waals surface area contributed by atoms with Gasteiger partial charge in [0.25, 0.3) is 0 Å². The molecule has 1 aromatic heterocycles. The lowest BCUT2D eigenvalue weighted by Gasteiger charge is -2.21. The minimum absolute atomic E-state index is 0.206. The summed E-state index contributed by atoms with van der Waals surface area (Å²) in [5.74, 6) is 0.956. The van der Waals surface area contributed by atoms with Gasteiger partial charge in [-0.25, -0.2) is 0 Å². The number of benzene rings is 1. The van der Waals surface area contributed by atoms with Gasteiger partial charge in [-0.1, -0.05) is 24.6 Å². The molecule has 0 saturated carbocycles. The summed E-state index contributed by atoms with van der Waals surface area (Å²) in [4.78, 5) is 2.75. The second-order valence-electron chi connectivity index (χ2n) is 5.52. The first kappa shape index (κ1) is 16.1. The summed E-state index contributed by atoms with van der Waals surface area (Å²) in [6, 6.07) is 8.91. The Balaban J connectivity index is 2.47. The van der Waals surface area contributed by atoms with Gasteiger partial charge in [0.15, 0.2) is 0 Å². The molecule has 2 aromatic rings. The van der Waals surface area contributed by atoms with Crippen LogP contribution in [0.4, 0.5) is 0 Å². The lowest BCUT2D eigenvalue weighted by Crippen LogP contribution is -2.23. The number of hydrogen-bond donors (Lipinski definition) is 1. The normalized spacial score (nSPS) is 12.4. The minimum Gasteiger partial charge on any atom is -0.496 e. The number of ether oxygens (including phenoxy) is 1. The zero-order chi connectivity index (χ0) is 15.4. The van der Waals surface area contributed by atoms with E-state index in [1.807, 2.05) is 11.3 Å². The topological polar surface area (TPSA) is 21.3 Å². The van der Waals surface area contributed by atoms with Crippen molar-refractivity contribution in [1.82, 2.24) is 5.32 Å². The van der Waals surface area contributed by atoms with Crippen molar-refractivity contribution in [1.29, 1.82) is 0 Å². The third kappa shape index (κ3) is 3.66. The van der Waals surface area contributed by atoms with E-state index in [0.717, 1.165) is 18.7 Å². The van der Waals surface area contributed by atoms with Gasteiger partial charge < -0.3 is 10.1 Å². The molecule has 114 valence electrons. The fourth-order valence-electron chi connectivity index (χ4n) is 2.48. The molecular formula is C18H25NOS. The van der Waals surface area contributed by atoms with Gasteiger partial charge in [-0.3, -0.25) is 0 Å². The van der Waals surface area contributed by atoms with Gasteiger partial charge in [-0.2, -0.15) is 0 Å².